The average molecular weight is 390 g/mol. The van der Waals surface area contributed by atoms with Gasteiger partial charge in [0.2, 0.25) is 0 Å². The molecule has 2 bridgehead atoms. The van der Waals surface area contributed by atoms with Crippen LogP contribution in [0.5, 0.6) is 0 Å². The number of hydrogen-bond donors (Lipinski definition) is 1. The predicted octanol–water partition coefficient (Wildman–Crippen LogP) is 4.47. The van der Waals surface area contributed by atoms with Gasteiger partial charge in [0.25, 0.3) is 5.91 Å². The van der Waals surface area contributed by atoms with E-state index in [1.165, 1.54) is 5.56 Å². The number of amides is 1. The molecule has 4 heterocycles. The minimum atomic E-state index is -0.159. The van der Waals surface area contributed by atoms with Crippen molar-refractivity contribution in [1.29, 1.82) is 0 Å². The largest absolute Gasteiger partial charge is 0.331 e. The van der Waals surface area contributed by atoms with Crippen LogP contribution in [-0.4, -0.2) is 38.1 Å². The summed E-state index contributed by atoms with van der Waals surface area (Å²) >= 11 is 0. The normalized spacial score (nSPS) is 23.4. The van der Waals surface area contributed by atoms with E-state index in [-0.39, 0.29) is 23.8 Å². The van der Waals surface area contributed by atoms with Crippen LogP contribution < -0.4 is 0 Å². The number of rotatable bonds is 3. The molecule has 0 aliphatic carbocycles. The van der Waals surface area contributed by atoms with E-state index in [1.807, 2.05) is 37.3 Å². The first kappa shape index (κ1) is 18.0. The third-order valence-electron chi connectivity index (χ3n) is 6.41. The molecule has 1 aromatic carbocycles. The summed E-state index contributed by atoms with van der Waals surface area (Å²) in [5.41, 5.74) is 4.09. The molecule has 0 radical (unpaired) electrons. The van der Waals surface area contributed by atoms with Gasteiger partial charge in [0.1, 0.15) is 11.5 Å². The van der Waals surface area contributed by atoms with E-state index < -0.39 is 0 Å². The molecule has 2 aliphatic rings. The van der Waals surface area contributed by atoms with Crippen molar-refractivity contribution in [2.75, 3.05) is 0 Å². The van der Waals surface area contributed by atoms with Gasteiger partial charge in [-0.25, -0.2) is 4.39 Å². The second kappa shape index (κ2) is 7.10. The van der Waals surface area contributed by atoms with E-state index in [4.69, 9.17) is 0 Å². The molecule has 5 nitrogen and oxygen atoms in total. The van der Waals surface area contributed by atoms with E-state index in [9.17, 15) is 9.18 Å². The van der Waals surface area contributed by atoms with E-state index in [1.54, 1.807) is 18.5 Å². The van der Waals surface area contributed by atoms with E-state index in [2.05, 4.69) is 20.1 Å². The fraction of sp³-hybridized carbons (Fsp3) is 0.348. The van der Waals surface area contributed by atoms with Crippen LogP contribution in [0.2, 0.25) is 0 Å². The first-order valence-electron chi connectivity index (χ1n) is 10.1. The Bertz CT molecular complexity index is 1030. The molecule has 1 N–H and O–H groups in total. The standard InChI is InChI=1S/C23H23FN4O/c1-14-10-16(2-5-20(14)24)17-11-18-3-4-19(12-17)28(18)23(29)22-13-21(26-27-22)15-6-8-25-9-7-15/h2,5-10,13,17-19H,3-4,11-12H2,1H3,(H,26,27)/t17?,18-,19+. The number of carbonyl (C=O) groups is 1. The van der Waals surface area contributed by atoms with Crippen molar-refractivity contribution >= 4 is 5.91 Å². The fourth-order valence-corrected chi connectivity index (χ4v) is 4.94. The second-order valence-corrected chi connectivity index (χ2v) is 8.18. The average Bonchev–Trinajstić information content (AvgIpc) is 3.33. The summed E-state index contributed by atoms with van der Waals surface area (Å²) in [5, 5.41) is 7.24. The Morgan fingerprint density at radius 2 is 1.83 bits per heavy atom. The number of fused-ring (bicyclic) bond motifs is 2. The number of hydrogen-bond acceptors (Lipinski definition) is 3. The molecule has 3 atom stereocenters. The van der Waals surface area contributed by atoms with Gasteiger partial charge in [-0.05, 0) is 73.9 Å². The Kier molecular flexibility index (Phi) is 4.42. The van der Waals surface area contributed by atoms with Gasteiger partial charge >= 0.3 is 0 Å². The van der Waals surface area contributed by atoms with Crippen molar-refractivity contribution < 1.29 is 9.18 Å². The van der Waals surface area contributed by atoms with Gasteiger partial charge in [-0.3, -0.25) is 14.9 Å². The van der Waals surface area contributed by atoms with E-state index >= 15 is 0 Å². The Hall–Kier alpha value is -3.02. The first-order valence-corrected chi connectivity index (χ1v) is 10.1. The molecular weight excluding hydrogens is 367 g/mol. The summed E-state index contributed by atoms with van der Waals surface area (Å²) in [7, 11) is 0. The Balaban J connectivity index is 1.35. The van der Waals surface area contributed by atoms with Crippen LogP contribution in [0.15, 0.2) is 48.8 Å². The molecule has 5 rings (SSSR count). The highest BCUT2D eigenvalue weighted by atomic mass is 19.1. The lowest BCUT2D eigenvalue weighted by Crippen LogP contribution is -2.46. The Morgan fingerprint density at radius 1 is 1.10 bits per heavy atom. The third kappa shape index (κ3) is 3.22. The van der Waals surface area contributed by atoms with Crippen molar-refractivity contribution in [3.63, 3.8) is 0 Å². The lowest BCUT2D eigenvalue weighted by Gasteiger charge is -2.39. The number of benzene rings is 1. The monoisotopic (exact) mass is 390 g/mol. The maximum absolute atomic E-state index is 13.6. The van der Waals surface area contributed by atoms with Gasteiger partial charge in [0, 0.05) is 30.0 Å². The number of H-pyrrole nitrogens is 1. The van der Waals surface area contributed by atoms with Gasteiger partial charge in [0.05, 0.1) is 5.69 Å². The van der Waals surface area contributed by atoms with Crippen molar-refractivity contribution in [2.24, 2.45) is 0 Å². The number of halogens is 1. The highest BCUT2D eigenvalue weighted by Crippen LogP contribution is 2.44. The van der Waals surface area contributed by atoms with Crippen LogP contribution in [-0.2, 0) is 0 Å². The van der Waals surface area contributed by atoms with E-state index in [0.29, 0.717) is 17.2 Å². The molecule has 2 aromatic heterocycles. The van der Waals surface area contributed by atoms with Gasteiger partial charge < -0.3 is 4.90 Å². The van der Waals surface area contributed by atoms with Crippen LogP contribution in [0.1, 0.15) is 53.2 Å². The second-order valence-electron chi connectivity index (χ2n) is 8.18. The van der Waals surface area contributed by atoms with Crippen molar-refractivity contribution in [1.82, 2.24) is 20.1 Å². The minimum absolute atomic E-state index is 0.0269. The third-order valence-corrected chi connectivity index (χ3v) is 6.41. The highest BCUT2D eigenvalue weighted by Gasteiger charge is 2.44. The summed E-state index contributed by atoms with van der Waals surface area (Å²) in [6, 6.07) is 11.5. The first-order chi connectivity index (χ1) is 14.1. The Labute approximate surface area is 169 Å². The van der Waals surface area contributed by atoms with Crippen LogP contribution in [0.3, 0.4) is 0 Å². The lowest BCUT2D eigenvalue weighted by molar-refractivity contribution is 0.0565. The highest BCUT2D eigenvalue weighted by molar-refractivity contribution is 5.94. The van der Waals surface area contributed by atoms with Crippen molar-refractivity contribution in [3.8, 4) is 11.3 Å². The number of aryl methyl sites for hydroxylation is 1. The minimum Gasteiger partial charge on any atom is -0.331 e. The summed E-state index contributed by atoms with van der Waals surface area (Å²) < 4.78 is 13.6. The smallest absolute Gasteiger partial charge is 0.272 e. The summed E-state index contributed by atoms with van der Waals surface area (Å²) in [6.07, 6.45) is 7.34. The molecule has 29 heavy (non-hydrogen) atoms. The number of piperidine rings is 1. The lowest BCUT2D eigenvalue weighted by atomic mass is 9.84. The molecule has 148 valence electrons. The maximum atomic E-state index is 13.6. The van der Waals surface area contributed by atoms with Gasteiger partial charge in [0.15, 0.2) is 0 Å². The SMILES string of the molecule is Cc1cc(C2C[C@H]3CC[C@@H](C2)N3C(=O)c2cc(-c3ccncc3)n[nH]2)ccc1F. The van der Waals surface area contributed by atoms with Gasteiger partial charge in [-0.1, -0.05) is 12.1 Å². The zero-order valence-electron chi connectivity index (χ0n) is 16.3. The summed E-state index contributed by atoms with van der Waals surface area (Å²) in [6.45, 7) is 1.81. The molecule has 2 aliphatic heterocycles. The maximum Gasteiger partial charge on any atom is 0.272 e. The number of carbonyl (C=O) groups excluding carboxylic acids is 1. The molecule has 6 heteroatoms. The predicted molar refractivity (Wildman–Crippen MR) is 108 cm³/mol. The summed E-state index contributed by atoms with van der Waals surface area (Å²) in [4.78, 5) is 19.3. The molecule has 1 unspecified atom stereocenters. The number of nitrogens with zero attached hydrogens (tertiary/aromatic N) is 3. The molecule has 0 saturated carbocycles. The number of nitrogens with one attached hydrogen (secondary N) is 1. The van der Waals surface area contributed by atoms with Crippen LogP contribution in [0, 0.1) is 12.7 Å². The van der Waals surface area contributed by atoms with Gasteiger partial charge in [-0.2, -0.15) is 5.10 Å². The number of pyridine rings is 1. The topological polar surface area (TPSA) is 61.9 Å². The van der Waals surface area contributed by atoms with Crippen molar-refractivity contribution in [3.05, 3.63) is 71.4 Å². The quantitative estimate of drug-likeness (QED) is 0.718. The molecule has 3 aromatic rings. The van der Waals surface area contributed by atoms with Crippen LogP contribution in [0.25, 0.3) is 11.3 Å². The van der Waals surface area contributed by atoms with Crippen LogP contribution in [0.4, 0.5) is 4.39 Å². The summed E-state index contributed by atoms with van der Waals surface area (Å²) in [5.74, 6) is 0.248. The zero-order valence-corrected chi connectivity index (χ0v) is 16.3. The van der Waals surface area contributed by atoms with E-state index in [0.717, 1.165) is 36.9 Å². The molecule has 1 amide bonds. The fourth-order valence-electron chi connectivity index (χ4n) is 4.94. The molecule has 0 spiro atoms. The van der Waals surface area contributed by atoms with Crippen LogP contribution >= 0.6 is 0 Å². The molecular formula is C23H23FN4O. The Morgan fingerprint density at radius 3 is 2.52 bits per heavy atom. The zero-order chi connectivity index (χ0) is 20.0. The number of aromatic amines is 1. The molecule has 2 saturated heterocycles. The number of aromatic nitrogens is 3. The van der Waals surface area contributed by atoms with Crippen molar-refractivity contribution in [2.45, 2.75) is 50.6 Å². The molecule has 2 fully saturated rings. The van der Waals surface area contributed by atoms with Gasteiger partial charge in [-0.15, -0.1) is 0 Å².